The molecule has 1 saturated heterocycles. The maximum absolute atomic E-state index is 11.3. The van der Waals surface area contributed by atoms with Gasteiger partial charge in [-0.25, -0.2) is 9.67 Å². The molecule has 0 N–H and O–H groups in total. The van der Waals surface area contributed by atoms with Gasteiger partial charge >= 0.3 is 11.9 Å². The van der Waals surface area contributed by atoms with Crippen molar-refractivity contribution in [3.8, 4) is 6.07 Å². The summed E-state index contributed by atoms with van der Waals surface area (Å²) in [6, 6.07) is 1.80. The first-order chi connectivity index (χ1) is 10.5. The molecule has 0 spiro atoms. The molecule has 9 heteroatoms. The Morgan fingerprint density at radius 1 is 1.36 bits per heavy atom. The first-order valence-corrected chi connectivity index (χ1v) is 6.77. The molecule has 2 rings (SSSR count). The summed E-state index contributed by atoms with van der Waals surface area (Å²) in [5.41, 5.74) is 0. The fraction of sp³-hybridized carbons (Fsp3) is 0.615. The molecular formula is C13H16N4O5. The summed E-state index contributed by atoms with van der Waals surface area (Å²) in [5.74, 6) is -1.07. The number of nitrogens with zero attached hydrogens (tertiary/aromatic N) is 4. The number of rotatable bonds is 4. The minimum absolute atomic E-state index is 0.0332. The number of carbonyl (C=O) groups is 2. The summed E-state index contributed by atoms with van der Waals surface area (Å²) >= 11 is 0. The van der Waals surface area contributed by atoms with Crippen molar-refractivity contribution in [1.82, 2.24) is 14.8 Å². The first kappa shape index (κ1) is 15.9. The van der Waals surface area contributed by atoms with Crippen molar-refractivity contribution in [1.29, 1.82) is 5.26 Å². The average molecular weight is 308 g/mol. The average Bonchev–Trinajstić information content (AvgIpc) is 3.03. The lowest BCUT2D eigenvalue weighted by molar-refractivity contribution is -0.165. The van der Waals surface area contributed by atoms with Crippen LogP contribution in [0.25, 0.3) is 0 Å². The lowest BCUT2D eigenvalue weighted by Gasteiger charge is -2.22. The molecule has 22 heavy (non-hydrogen) atoms. The Labute approximate surface area is 126 Å². The third-order valence-electron chi connectivity index (χ3n) is 3.16. The van der Waals surface area contributed by atoms with E-state index in [1.807, 2.05) is 6.92 Å². The maximum atomic E-state index is 11.3. The number of nitriles is 1. The van der Waals surface area contributed by atoms with E-state index in [0.29, 0.717) is 6.42 Å². The molecule has 1 aliphatic rings. The van der Waals surface area contributed by atoms with Crippen molar-refractivity contribution in [3.63, 3.8) is 0 Å². The zero-order valence-corrected chi connectivity index (χ0v) is 12.4. The summed E-state index contributed by atoms with van der Waals surface area (Å²) in [6.07, 6.45) is -1.01. The van der Waals surface area contributed by atoms with Gasteiger partial charge in [-0.15, -0.1) is 5.10 Å². The molecule has 0 radical (unpaired) electrons. The van der Waals surface area contributed by atoms with Gasteiger partial charge in [0.15, 0.2) is 18.4 Å². The van der Waals surface area contributed by atoms with Crippen molar-refractivity contribution in [2.24, 2.45) is 0 Å². The third kappa shape index (κ3) is 3.23. The van der Waals surface area contributed by atoms with Crippen LogP contribution in [0, 0.1) is 11.3 Å². The smallest absolute Gasteiger partial charge is 0.303 e. The lowest BCUT2D eigenvalue weighted by atomic mass is 10.1. The van der Waals surface area contributed by atoms with Crippen molar-refractivity contribution in [3.05, 3.63) is 12.2 Å². The predicted molar refractivity (Wildman–Crippen MR) is 70.0 cm³/mol. The number of ether oxygens (including phenoxy) is 3. The van der Waals surface area contributed by atoms with Crippen molar-refractivity contribution >= 4 is 11.9 Å². The SMILES string of the molecule is CC[C@H]1O[C@@H](n2cnc(C#N)n2)[C@@H](OC(C)=O)C1OC(C)=O. The van der Waals surface area contributed by atoms with Crippen LogP contribution in [-0.2, 0) is 23.8 Å². The molecule has 1 fully saturated rings. The summed E-state index contributed by atoms with van der Waals surface area (Å²) in [4.78, 5) is 26.4. The van der Waals surface area contributed by atoms with Crippen LogP contribution in [0.4, 0.5) is 0 Å². The third-order valence-corrected chi connectivity index (χ3v) is 3.16. The summed E-state index contributed by atoms with van der Waals surface area (Å²) in [5, 5.41) is 12.7. The van der Waals surface area contributed by atoms with E-state index >= 15 is 0 Å². The van der Waals surface area contributed by atoms with Gasteiger partial charge in [0, 0.05) is 13.8 Å². The molecule has 1 aromatic heterocycles. The van der Waals surface area contributed by atoms with Gasteiger partial charge in [-0.2, -0.15) is 5.26 Å². The fourth-order valence-electron chi connectivity index (χ4n) is 2.35. The monoisotopic (exact) mass is 308 g/mol. The number of hydrogen-bond donors (Lipinski definition) is 0. The van der Waals surface area contributed by atoms with E-state index in [1.54, 1.807) is 6.07 Å². The Kier molecular flexibility index (Phi) is 4.72. The van der Waals surface area contributed by atoms with Gasteiger partial charge in [0.05, 0.1) is 0 Å². The number of esters is 2. The molecule has 1 aliphatic heterocycles. The fourth-order valence-corrected chi connectivity index (χ4v) is 2.35. The van der Waals surface area contributed by atoms with Crippen LogP contribution in [0.2, 0.25) is 0 Å². The van der Waals surface area contributed by atoms with E-state index in [0.717, 1.165) is 0 Å². The zero-order valence-electron chi connectivity index (χ0n) is 12.4. The molecule has 9 nitrogen and oxygen atoms in total. The second-order valence-corrected chi connectivity index (χ2v) is 4.78. The highest BCUT2D eigenvalue weighted by Gasteiger charge is 2.49. The van der Waals surface area contributed by atoms with Crippen LogP contribution in [0.5, 0.6) is 0 Å². The van der Waals surface area contributed by atoms with Gasteiger partial charge in [-0.1, -0.05) is 6.92 Å². The summed E-state index contributed by atoms with van der Waals surface area (Å²) in [6.45, 7) is 4.38. The second-order valence-electron chi connectivity index (χ2n) is 4.78. The molecule has 1 aromatic rings. The highest BCUT2D eigenvalue weighted by atomic mass is 16.6. The largest absolute Gasteiger partial charge is 0.456 e. The van der Waals surface area contributed by atoms with E-state index in [-0.39, 0.29) is 5.82 Å². The zero-order chi connectivity index (χ0) is 16.3. The van der Waals surface area contributed by atoms with Crippen LogP contribution in [0.3, 0.4) is 0 Å². The molecule has 0 bridgehead atoms. The van der Waals surface area contributed by atoms with E-state index in [1.165, 1.54) is 24.9 Å². The van der Waals surface area contributed by atoms with Gasteiger partial charge in [0.2, 0.25) is 0 Å². The Morgan fingerprint density at radius 2 is 2.00 bits per heavy atom. The molecule has 1 unspecified atom stereocenters. The van der Waals surface area contributed by atoms with Gasteiger partial charge in [-0.05, 0) is 6.42 Å². The molecule has 0 amide bonds. The molecular weight excluding hydrogens is 292 g/mol. The van der Waals surface area contributed by atoms with E-state index < -0.39 is 36.5 Å². The molecule has 118 valence electrons. The van der Waals surface area contributed by atoms with Gasteiger partial charge < -0.3 is 14.2 Å². The quantitative estimate of drug-likeness (QED) is 0.730. The van der Waals surface area contributed by atoms with Gasteiger partial charge in [-0.3, -0.25) is 9.59 Å². The van der Waals surface area contributed by atoms with E-state index in [2.05, 4.69) is 10.1 Å². The minimum atomic E-state index is -0.861. The number of aromatic nitrogens is 3. The topological polar surface area (TPSA) is 116 Å². The van der Waals surface area contributed by atoms with Crippen LogP contribution in [0.15, 0.2) is 6.33 Å². The normalized spacial score (nSPS) is 27.2. The molecule has 0 saturated carbocycles. The van der Waals surface area contributed by atoms with Crippen LogP contribution < -0.4 is 0 Å². The highest BCUT2D eigenvalue weighted by Crippen LogP contribution is 2.34. The summed E-state index contributed by atoms with van der Waals surface area (Å²) in [7, 11) is 0. The summed E-state index contributed by atoms with van der Waals surface area (Å²) < 4.78 is 17.6. The van der Waals surface area contributed by atoms with Crippen LogP contribution >= 0.6 is 0 Å². The maximum Gasteiger partial charge on any atom is 0.303 e. The molecule has 0 aromatic carbocycles. The standard InChI is InChI=1S/C13H16N4O5/c1-4-9-11(20-7(2)18)12(21-8(3)19)13(22-9)17-6-15-10(5-14)16-17/h6,9,11-13H,4H2,1-3H3/t9-,11?,12+,13-/m1/s1. The predicted octanol–water partition coefficient (Wildman–Crippen LogP) is 0.321. The lowest BCUT2D eigenvalue weighted by Crippen LogP contribution is -2.38. The van der Waals surface area contributed by atoms with Gasteiger partial charge in [0.1, 0.15) is 18.5 Å². The van der Waals surface area contributed by atoms with Crippen molar-refractivity contribution < 1.29 is 23.8 Å². The van der Waals surface area contributed by atoms with Crippen molar-refractivity contribution in [2.75, 3.05) is 0 Å². The molecule has 0 aliphatic carbocycles. The van der Waals surface area contributed by atoms with Crippen molar-refractivity contribution in [2.45, 2.75) is 51.7 Å². The highest BCUT2D eigenvalue weighted by molar-refractivity contribution is 5.67. The molecule has 2 heterocycles. The first-order valence-electron chi connectivity index (χ1n) is 6.77. The second kappa shape index (κ2) is 6.53. The van der Waals surface area contributed by atoms with Crippen LogP contribution in [-0.4, -0.2) is 45.0 Å². The van der Waals surface area contributed by atoms with E-state index in [9.17, 15) is 9.59 Å². The number of hydrogen-bond acceptors (Lipinski definition) is 8. The van der Waals surface area contributed by atoms with E-state index in [4.69, 9.17) is 19.5 Å². The Hall–Kier alpha value is -2.47. The van der Waals surface area contributed by atoms with Crippen LogP contribution in [0.1, 0.15) is 39.2 Å². The Balaban J connectivity index is 2.32. The Bertz CT molecular complexity index is 608. The van der Waals surface area contributed by atoms with Gasteiger partial charge in [0.25, 0.3) is 5.82 Å². The minimum Gasteiger partial charge on any atom is -0.456 e. The molecule has 4 atom stereocenters. The number of carbonyl (C=O) groups excluding carboxylic acids is 2. The Morgan fingerprint density at radius 3 is 2.50 bits per heavy atom.